The highest BCUT2D eigenvalue weighted by atomic mass is 15.3. The van der Waals surface area contributed by atoms with Crippen molar-refractivity contribution in [3.63, 3.8) is 0 Å². The summed E-state index contributed by atoms with van der Waals surface area (Å²) < 4.78 is 2.25. The number of para-hydroxylation sites is 2. The minimum absolute atomic E-state index is 0.784. The van der Waals surface area contributed by atoms with Crippen molar-refractivity contribution in [1.29, 1.82) is 0 Å². The predicted octanol–water partition coefficient (Wildman–Crippen LogP) is 4.00. The highest BCUT2D eigenvalue weighted by Gasteiger charge is 2.29. The second kappa shape index (κ2) is 7.10. The van der Waals surface area contributed by atoms with Crippen molar-refractivity contribution in [2.75, 3.05) is 26.2 Å². The van der Waals surface area contributed by atoms with Crippen LogP contribution in [0.2, 0.25) is 0 Å². The van der Waals surface area contributed by atoms with E-state index in [0.717, 1.165) is 23.9 Å². The second-order valence-electron chi connectivity index (χ2n) is 8.07. The molecular formula is C23H28N4. The molecule has 0 spiro atoms. The van der Waals surface area contributed by atoms with Gasteiger partial charge in [-0.25, -0.2) is 4.98 Å². The van der Waals surface area contributed by atoms with Crippen LogP contribution in [0.25, 0.3) is 16.7 Å². The number of benzene rings is 2. The lowest BCUT2D eigenvalue weighted by molar-refractivity contribution is 0.230. The van der Waals surface area contributed by atoms with Gasteiger partial charge in [0.2, 0.25) is 0 Å². The maximum Gasteiger partial charge on any atom is 0.111 e. The number of hydrogen-bond acceptors (Lipinski definition) is 3. The van der Waals surface area contributed by atoms with Crippen LogP contribution in [0, 0.1) is 6.92 Å². The molecular weight excluding hydrogens is 332 g/mol. The van der Waals surface area contributed by atoms with Crippen LogP contribution >= 0.6 is 0 Å². The van der Waals surface area contributed by atoms with E-state index >= 15 is 0 Å². The summed E-state index contributed by atoms with van der Waals surface area (Å²) in [4.78, 5) is 10.0. The molecule has 2 aromatic carbocycles. The Morgan fingerprint density at radius 1 is 0.963 bits per heavy atom. The number of aryl methyl sites for hydroxylation is 1. The van der Waals surface area contributed by atoms with Gasteiger partial charge in [0.1, 0.15) is 5.82 Å². The molecule has 2 saturated heterocycles. The first-order chi connectivity index (χ1) is 13.3. The van der Waals surface area contributed by atoms with Gasteiger partial charge in [0.15, 0.2) is 0 Å². The molecule has 0 amide bonds. The highest BCUT2D eigenvalue weighted by Crippen LogP contribution is 2.24. The Morgan fingerprint density at radius 2 is 1.74 bits per heavy atom. The lowest BCUT2D eigenvalue weighted by Gasteiger charge is -2.23. The van der Waals surface area contributed by atoms with Crippen LogP contribution in [0.5, 0.6) is 0 Å². The number of hydrogen-bond donors (Lipinski definition) is 0. The van der Waals surface area contributed by atoms with E-state index in [1.807, 2.05) is 6.07 Å². The lowest BCUT2D eigenvalue weighted by Crippen LogP contribution is -2.35. The van der Waals surface area contributed by atoms with Gasteiger partial charge in [-0.2, -0.15) is 0 Å². The molecule has 0 aliphatic carbocycles. The molecule has 4 nitrogen and oxygen atoms in total. The summed E-state index contributed by atoms with van der Waals surface area (Å²) in [6, 6.07) is 18.2. The van der Waals surface area contributed by atoms with E-state index in [9.17, 15) is 0 Å². The number of aromatic nitrogens is 2. The Labute approximate surface area is 161 Å². The number of imidazole rings is 1. The smallest absolute Gasteiger partial charge is 0.111 e. The van der Waals surface area contributed by atoms with Gasteiger partial charge >= 0.3 is 0 Å². The molecule has 27 heavy (non-hydrogen) atoms. The lowest BCUT2D eigenvalue weighted by atomic mass is 10.2. The average molecular weight is 361 g/mol. The molecule has 3 aromatic rings. The molecule has 5 rings (SSSR count). The SMILES string of the molecule is Cc1nc2ccccc2n1-c1ccc(CN2CCC(N3CCCC3)C2)cc1. The monoisotopic (exact) mass is 360 g/mol. The van der Waals surface area contributed by atoms with Crippen molar-refractivity contribution in [3.05, 3.63) is 59.9 Å². The third kappa shape index (κ3) is 3.28. The Kier molecular flexibility index (Phi) is 4.46. The highest BCUT2D eigenvalue weighted by molar-refractivity contribution is 5.78. The minimum Gasteiger partial charge on any atom is -0.299 e. The summed E-state index contributed by atoms with van der Waals surface area (Å²) in [5, 5.41) is 0. The molecule has 1 aromatic heterocycles. The van der Waals surface area contributed by atoms with Gasteiger partial charge in [0, 0.05) is 31.4 Å². The van der Waals surface area contributed by atoms with Crippen molar-refractivity contribution in [2.45, 2.75) is 38.8 Å². The average Bonchev–Trinajstić information content (AvgIpc) is 3.41. The van der Waals surface area contributed by atoms with E-state index in [2.05, 4.69) is 63.8 Å². The fraction of sp³-hybridized carbons (Fsp3) is 0.435. The Hall–Kier alpha value is -2.17. The fourth-order valence-electron chi connectivity index (χ4n) is 4.84. The molecule has 0 bridgehead atoms. The molecule has 2 aliphatic rings. The summed E-state index contributed by atoms with van der Waals surface area (Å²) in [6.45, 7) is 8.23. The van der Waals surface area contributed by atoms with Crippen LogP contribution in [-0.2, 0) is 6.54 Å². The molecule has 1 atom stereocenters. The maximum absolute atomic E-state index is 4.69. The molecule has 0 saturated carbocycles. The third-order valence-electron chi connectivity index (χ3n) is 6.23. The molecule has 4 heteroatoms. The number of rotatable bonds is 4. The first-order valence-electron chi connectivity index (χ1n) is 10.3. The van der Waals surface area contributed by atoms with Gasteiger partial charge < -0.3 is 0 Å². The quantitative estimate of drug-likeness (QED) is 0.703. The Morgan fingerprint density at radius 3 is 2.56 bits per heavy atom. The summed E-state index contributed by atoms with van der Waals surface area (Å²) in [7, 11) is 0. The zero-order valence-electron chi connectivity index (χ0n) is 16.1. The maximum atomic E-state index is 4.69. The summed E-state index contributed by atoms with van der Waals surface area (Å²) in [5.74, 6) is 1.04. The van der Waals surface area contributed by atoms with Crippen LogP contribution in [0.1, 0.15) is 30.7 Å². The zero-order chi connectivity index (χ0) is 18.2. The molecule has 3 heterocycles. The van der Waals surface area contributed by atoms with Crippen molar-refractivity contribution in [3.8, 4) is 5.69 Å². The first-order valence-corrected chi connectivity index (χ1v) is 10.3. The van der Waals surface area contributed by atoms with Crippen LogP contribution in [0.15, 0.2) is 48.5 Å². The normalized spacial score (nSPS) is 21.4. The van der Waals surface area contributed by atoms with Crippen LogP contribution in [0.3, 0.4) is 0 Å². The zero-order valence-corrected chi connectivity index (χ0v) is 16.1. The molecule has 0 N–H and O–H groups in total. The largest absolute Gasteiger partial charge is 0.299 e. The van der Waals surface area contributed by atoms with Crippen molar-refractivity contribution < 1.29 is 0 Å². The van der Waals surface area contributed by atoms with Gasteiger partial charge in [-0.3, -0.25) is 14.4 Å². The summed E-state index contributed by atoms with van der Waals surface area (Å²) in [6.07, 6.45) is 4.11. The number of nitrogens with zero attached hydrogens (tertiary/aromatic N) is 4. The molecule has 1 unspecified atom stereocenters. The van der Waals surface area contributed by atoms with Crippen LogP contribution < -0.4 is 0 Å². The Bertz CT molecular complexity index is 921. The summed E-state index contributed by atoms with van der Waals surface area (Å²) >= 11 is 0. The van der Waals surface area contributed by atoms with Crippen LogP contribution in [-0.4, -0.2) is 51.6 Å². The standard InChI is InChI=1S/C23H28N4/c1-18-24-22-6-2-3-7-23(22)27(18)20-10-8-19(9-11-20)16-25-15-12-21(17-25)26-13-4-5-14-26/h2-3,6-11,21H,4-5,12-17H2,1H3. The summed E-state index contributed by atoms with van der Waals surface area (Å²) in [5.41, 5.74) is 4.84. The molecule has 140 valence electrons. The van der Waals surface area contributed by atoms with Gasteiger partial charge in [-0.15, -0.1) is 0 Å². The van der Waals surface area contributed by atoms with E-state index in [1.54, 1.807) is 0 Å². The Balaban J connectivity index is 1.30. The first kappa shape index (κ1) is 17.0. The van der Waals surface area contributed by atoms with E-state index < -0.39 is 0 Å². The van der Waals surface area contributed by atoms with Gasteiger partial charge in [-0.05, 0) is 69.1 Å². The van der Waals surface area contributed by atoms with Gasteiger partial charge in [0.05, 0.1) is 11.0 Å². The number of fused-ring (bicyclic) bond motifs is 1. The van der Waals surface area contributed by atoms with Crippen molar-refractivity contribution >= 4 is 11.0 Å². The van der Waals surface area contributed by atoms with E-state index in [-0.39, 0.29) is 0 Å². The van der Waals surface area contributed by atoms with E-state index in [0.29, 0.717) is 0 Å². The molecule has 0 radical (unpaired) electrons. The van der Waals surface area contributed by atoms with Gasteiger partial charge in [0.25, 0.3) is 0 Å². The van der Waals surface area contributed by atoms with E-state index in [1.165, 1.54) is 62.2 Å². The van der Waals surface area contributed by atoms with Gasteiger partial charge in [-0.1, -0.05) is 24.3 Å². The molecule has 2 fully saturated rings. The third-order valence-corrected chi connectivity index (χ3v) is 6.23. The van der Waals surface area contributed by atoms with Crippen LogP contribution in [0.4, 0.5) is 0 Å². The number of likely N-dealkylation sites (tertiary alicyclic amines) is 2. The minimum atomic E-state index is 0.784. The second-order valence-corrected chi connectivity index (χ2v) is 8.07. The van der Waals surface area contributed by atoms with E-state index in [4.69, 9.17) is 4.98 Å². The van der Waals surface area contributed by atoms with Crippen molar-refractivity contribution in [2.24, 2.45) is 0 Å². The van der Waals surface area contributed by atoms with Crippen molar-refractivity contribution in [1.82, 2.24) is 19.4 Å². The predicted molar refractivity (Wildman–Crippen MR) is 110 cm³/mol. The fourth-order valence-corrected chi connectivity index (χ4v) is 4.84. The molecule has 2 aliphatic heterocycles. The topological polar surface area (TPSA) is 24.3 Å².